The molecule has 1 saturated heterocycles. The molecule has 1 aliphatic rings. The van der Waals surface area contributed by atoms with E-state index >= 15 is 0 Å². The largest absolute Gasteiger partial charge is 0.467 e. The van der Waals surface area contributed by atoms with Crippen LogP contribution in [0, 0.1) is 0 Å². The maximum atomic E-state index is 12.4. The molecule has 2 aromatic rings. The van der Waals surface area contributed by atoms with Gasteiger partial charge in [-0.25, -0.2) is 0 Å². The summed E-state index contributed by atoms with van der Waals surface area (Å²) in [7, 11) is 0. The minimum Gasteiger partial charge on any atom is -0.467 e. The highest BCUT2D eigenvalue weighted by molar-refractivity contribution is 5.81. The van der Waals surface area contributed by atoms with Gasteiger partial charge in [0, 0.05) is 0 Å². The lowest BCUT2D eigenvalue weighted by molar-refractivity contribution is -0.125. The Morgan fingerprint density at radius 2 is 2.09 bits per heavy atom. The Kier molecular flexibility index (Phi) is 5.48. The summed E-state index contributed by atoms with van der Waals surface area (Å²) in [5.41, 5.74) is 1.37. The quantitative estimate of drug-likeness (QED) is 0.855. The van der Waals surface area contributed by atoms with Crippen molar-refractivity contribution in [2.45, 2.75) is 38.3 Å². The molecule has 23 heavy (non-hydrogen) atoms. The number of hydrogen-bond donors (Lipinski definition) is 1. The number of benzene rings is 1. The number of nitrogens with one attached hydrogen (secondary N) is 1. The molecule has 1 aromatic carbocycles. The molecule has 1 fully saturated rings. The second kappa shape index (κ2) is 7.97. The number of rotatable bonds is 7. The van der Waals surface area contributed by atoms with Crippen LogP contribution in [0.5, 0.6) is 0 Å². The standard InChI is InChI=1S/C19H24N2O2/c22-19(20-15-17-10-6-14-23-17)18-11-5-13-21(18)12-4-9-16-7-2-1-3-8-16/h1-3,6-8,10,14,18H,4-5,9,11-13,15H2,(H,20,22). The topological polar surface area (TPSA) is 45.5 Å². The minimum absolute atomic E-state index is 0.0146. The van der Waals surface area contributed by atoms with Crippen molar-refractivity contribution in [2.24, 2.45) is 0 Å². The number of hydrogen-bond acceptors (Lipinski definition) is 3. The predicted molar refractivity (Wildman–Crippen MR) is 89.9 cm³/mol. The van der Waals surface area contributed by atoms with E-state index < -0.39 is 0 Å². The molecule has 0 bridgehead atoms. The van der Waals surface area contributed by atoms with Crippen LogP contribution in [-0.4, -0.2) is 29.9 Å². The Morgan fingerprint density at radius 3 is 2.87 bits per heavy atom. The van der Waals surface area contributed by atoms with E-state index in [1.807, 2.05) is 18.2 Å². The molecular formula is C19H24N2O2. The molecule has 1 aromatic heterocycles. The zero-order valence-electron chi connectivity index (χ0n) is 13.4. The van der Waals surface area contributed by atoms with Gasteiger partial charge in [0.2, 0.25) is 5.91 Å². The Hall–Kier alpha value is -2.07. The van der Waals surface area contributed by atoms with Crippen LogP contribution >= 0.6 is 0 Å². The summed E-state index contributed by atoms with van der Waals surface area (Å²) in [6.07, 6.45) is 5.84. The number of nitrogens with zero attached hydrogens (tertiary/aromatic N) is 1. The van der Waals surface area contributed by atoms with Gasteiger partial charge in [-0.1, -0.05) is 30.3 Å². The zero-order valence-corrected chi connectivity index (χ0v) is 13.4. The van der Waals surface area contributed by atoms with Crippen molar-refractivity contribution in [2.75, 3.05) is 13.1 Å². The second-order valence-corrected chi connectivity index (χ2v) is 6.08. The lowest BCUT2D eigenvalue weighted by atomic mass is 10.1. The molecule has 1 aliphatic heterocycles. The summed E-state index contributed by atoms with van der Waals surface area (Å²) in [6.45, 7) is 2.47. The SMILES string of the molecule is O=C(NCc1ccco1)C1CCCN1CCCc1ccccc1. The number of carbonyl (C=O) groups excluding carboxylic acids is 1. The van der Waals surface area contributed by atoms with Crippen molar-refractivity contribution in [3.05, 3.63) is 60.1 Å². The second-order valence-electron chi connectivity index (χ2n) is 6.08. The van der Waals surface area contributed by atoms with E-state index in [1.54, 1.807) is 6.26 Å². The van der Waals surface area contributed by atoms with Gasteiger partial charge in [-0.2, -0.15) is 0 Å². The lowest BCUT2D eigenvalue weighted by Crippen LogP contribution is -2.43. The van der Waals surface area contributed by atoms with E-state index in [-0.39, 0.29) is 11.9 Å². The number of furan rings is 1. The first-order valence-corrected chi connectivity index (χ1v) is 8.41. The molecule has 3 rings (SSSR count). The normalized spacial score (nSPS) is 18.2. The van der Waals surface area contributed by atoms with Crippen molar-refractivity contribution in [1.82, 2.24) is 10.2 Å². The Balaban J connectivity index is 1.44. The van der Waals surface area contributed by atoms with Crippen LogP contribution in [0.4, 0.5) is 0 Å². The molecule has 0 saturated carbocycles. The van der Waals surface area contributed by atoms with Gasteiger partial charge < -0.3 is 9.73 Å². The predicted octanol–water partition coefficient (Wildman–Crippen LogP) is 2.99. The smallest absolute Gasteiger partial charge is 0.237 e. The van der Waals surface area contributed by atoms with E-state index in [9.17, 15) is 4.79 Å². The van der Waals surface area contributed by atoms with Crippen molar-refractivity contribution in [3.8, 4) is 0 Å². The lowest BCUT2D eigenvalue weighted by Gasteiger charge is -2.23. The summed E-state index contributed by atoms with van der Waals surface area (Å²) in [5, 5.41) is 2.99. The first-order valence-electron chi connectivity index (χ1n) is 8.41. The molecule has 1 atom stereocenters. The summed E-state index contributed by atoms with van der Waals surface area (Å²) >= 11 is 0. The molecule has 1 N–H and O–H groups in total. The molecule has 122 valence electrons. The van der Waals surface area contributed by atoms with Gasteiger partial charge in [-0.3, -0.25) is 9.69 Å². The van der Waals surface area contributed by atoms with Crippen LogP contribution in [0.1, 0.15) is 30.6 Å². The fourth-order valence-electron chi connectivity index (χ4n) is 3.23. The van der Waals surface area contributed by atoms with E-state index in [0.29, 0.717) is 6.54 Å². The van der Waals surface area contributed by atoms with E-state index in [0.717, 1.165) is 44.5 Å². The van der Waals surface area contributed by atoms with E-state index in [4.69, 9.17) is 4.42 Å². The summed E-state index contributed by atoms with van der Waals surface area (Å²) in [6, 6.07) is 14.3. The summed E-state index contributed by atoms with van der Waals surface area (Å²) in [4.78, 5) is 14.7. The van der Waals surface area contributed by atoms with Crippen molar-refractivity contribution in [3.63, 3.8) is 0 Å². The number of carbonyl (C=O) groups is 1. The molecule has 1 unspecified atom stereocenters. The van der Waals surface area contributed by atoms with Crippen molar-refractivity contribution >= 4 is 5.91 Å². The average molecular weight is 312 g/mol. The highest BCUT2D eigenvalue weighted by atomic mass is 16.3. The fourth-order valence-corrected chi connectivity index (χ4v) is 3.23. The van der Waals surface area contributed by atoms with Gasteiger partial charge in [0.15, 0.2) is 0 Å². The van der Waals surface area contributed by atoms with Crippen molar-refractivity contribution < 1.29 is 9.21 Å². The first kappa shape index (κ1) is 15.8. The fraction of sp³-hybridized carbons (Fsp3) is 0.421. The van der Waals surface area contributed by atoms with Gasteiger partial charge in [0.1, 0.15) is 5.76 Å². The third kappa shape index (κ3) is 4.45. The number of likely N-dealkylation sites (tertiary alicyclic amines) is 1. The zero-order chi connectivity index (χ0) is 15.9. The van der Waals surface area contributed by atoms with Gasteiger partial charge in [-0.15, -0.1) is 0 Å². The van der Waals surface area contributed by atoms with Crippen LogP contribution < -0.4 is 5.32 Å². The molecule has 4 nitrogen and oxygen atoms in total. The first-order chi connectivity index (χ1) is 11.3. The third-order valence-corrected chi connectivity index (χ3v) is 4.44. The van der Waals surface area contributed by atoms with Gasteiger partial charge in [-0.05, 0) is 56.5 Å². The monoisotopic (exact) mass is 312 g/mol. The average Bonchev–Trinajstić information content (AvgIpc) is 3.25. The van der Waals surface area contributed by atoms with Gasteiger partial charge >= 0.3 is 0 Å². The Bertz CT molecular complexity index is 595. The number of amides is 1. The van der Waals surface area contributed by atoms with Gasteiger partial charge in [0.25, 0.3) is 0 Å². The van der Waals surface area contributed by atoms with Crippen LogP contribution in [0.2, 0.25) is 0 Å². The van der Waals surface area contributed by atoms with Gasteiger partial charge in [0.05, 0.1) is 18.8 Å². The van der Waals surface area contributed by atoms with Crippen LogP contribution in [-0.2, 0) is 17.8 Å². The van der Waals surface area contributed by atoms with E-state index in [1.165, 1.54) is 5.56 Å². The summed E-state index contributed by atoms with van der Waals surface area (Å²) in [5.74, 6) is 0.922. The molecule has 4 heteroatoms. The van der Waals surface area contributed by atoms with Crippen LogP contribution in [0.25, 0.3) is 0 Å². The highest BCUT2D eigenvalue weighted by Gasteiger charge is 2.29. The summed E-state index contributed by atoms with van der Waals surface area (Å²) < 4.78 is 5.26. The Morgan fingerprint density at radius 1 is 1.22 bits per heavy atom. The molecular weight excluding hydrogens is 288 g/mol. The maximum absolute atomic E-state index is 12.4. The maximum Gasteiger partial charge on any atom is 0.237 e. The molecule has 0 aliphatic carbocycles. The molecule has 0 radical (unpaired) electrons. The number of aryl methyl sites for hydroxylation is 1. The Labute approximate surface area is 137 Å². The highest BCUT2D eigenvalue weighted by Crippen LogP contribution is 2.18. The third-order valence-electron chi connectivity index (χ3n) is 4.44. The molecule has 1 amide bonds. The molecule has 2 heterocycles. The molecule has 0 spiro atoms. The van der Waals surface area contributed by atoms with Crippen LogP contribution in [0.3, 0.4) is 0 Å². The van der Waals surface area contributed by atoms with Crippen molar-refractivity contribution in [1.29, 1.82) is 0 Å². The van der Waals surface area contributed by atoms with E-state index in [2.05, 4.69) is 34.5 Å². The minimum atomic E-state index is 0.0146. The van der Waals surface area contributed by atoms with Crippen LogP contribution in [0.15, 0.2) is 53.1 Å².